The molecule has 0 rings (SSSR count). The predicted octanol–water partition coefficient (Wildman–Crippen LogP) is 2.44. The maximum Gasteiger partial charge on any atom is 0.424 e. The SMILES string of the molecule is CCOC(=O)/C=C(\C#CC(OCC)OCC)C(F)(F)F. The Labute approximate surface area is 115 Å². The lowest BCUT2D eigenvalue weighted by Gasteiger charge is -2.10. The van der Waals surface area contributed by atoms with Gasteiger partial charge in [0, 0.05) is 19.3 Å². The van der Waals surface area contributed by atoms with E-state index in [9.17, 15) is 18.0 Å². The highest BCUT2D eigenvalue weighted by atomic mass is 19.4. The molecule has 0 aromatic rings. The van der Waals surface area contributed by atoms with E-state index in [1.165, 1.54) is 6.92 Å². The quantitative estimate of drug-likeness (QED) is 0.327. The molecule has 0 saturated carbocycles. The standard InChI is InChI=1S/C13H17F3O4/c1-4-18-11(17)9-10(13(14,15)16)7-8-12(19-5-2)20-6-3/h9,12H,4-6H2,1-3H3/b10-9+. The molecule has 0 radical (unpaired) electrons. The highest BCUT2D eigenvalue weighted by Crippen LogP contribution is 2.25. The smallest absolute Gasteiger partial charge is 0.424 e. The third kappa shape index (κ3) is 7.81. The molecule has 0 saturated heterocycles. The van der Waals surface area contributed by atoms with Crippen molar-refractivity contribution in [1.29, 1.82) is 0 Å². The minimum atomic E-state index is -4.75. The number of hydrogen-bond donors (Lipinski definition) is 0. The molecule has 0 aliphatic heterocycles. The third-order valence-corrected chi connectivity index (χ3v) is 1.81. The second-order valence-electron chi connectivity index (χ2n) is 3.32. The first-order valence-electron chi connectivity index (χ1n) is 6.05. The Morgan fingerprint density at radius 3 is 2.10 bits per heavy atom. The Morgan fingerprint density at radius 2 is 1.70 bits per heavy atom. The summed E-state index contributed by atoms with van der Waals surface area (Å²) in [6.07, 6.45) is -5.51. The topological polar surface area (TPSA) is 44.8 Å². The van der Waals surface area contributed by atoms with Gasteiger partial charge in [-0.3, -0.25) is 0 Å². The van der Waals surface area contributed by atoms with Crippen LogP contribution in [0.4, 0.5) is 13.2 Å². The number of allylic oxidation sites excluding steroid dienone is 1. The van der Waals surface area contributed by atoms with Gasteiger partial charge in [0.05, 0.1) is 6.61 Å². The lowest BCUT2D eigenvalue weighted by atomic mass is 10.2. The van der Waals surface area contributed by atoms with Crippen LogP contribution in [0.25, 0.3) is 0 Å². The fourth-order valence-electron chi connectivity index (χ4n) is 1.06. The van der Waals surface area contributed by atoms with Gasteiger partial charge in [0.15, 0.2) is 0 Å². The molecule has 0 aromatic heterocycles. The van der Waals surface area contributed by atoms with Crippen molar-refractivity contribution in [3.05, 3.63) is 11.6 Å². The highest BCUT2D eigenvalue weighted by Gasteiger charge is 2.33. The zero-order valence-electron chi connectivity index (χ0n) is 11.5. The van der Waals surface area contributed by atoms with Crippen LogP contribution in [-0.2, 0) is 19.0 Å². The van der Waals surface area contributed by atoms with Crippen LogP contribution in [0.2, 0.25) is 0 Å². The highest BCUT2D eigenvalue weighted by molar-refractivity contribution is 5.84. The van der Waals surface area contributed by atoms with Crippen molar-refractivity contribution in [2.75, 3.05) is 19.8 Å². The van der Waals surface area contributed by atoms with Crippen LogP contribution in [0.5, 0.6) is 0 Å². The number of carbonyl (C=O) groups is 1. The second kappa shape index (κ2) is 9.39. The summed E-state index contributed by atoms with van der Waals surface area (Å²) in [6, 6.07) is 0. The van der Waals surface area contributed by atoms with Gasteiger partial charge in [-0.1, -0.05) is 5.92 Å². The molecule has 0 bridgehead atoms. The summed E-state index contributed by atoms with van der Waals surface area (Å²) >= 11 is 0. The first-order chi connectivity index (χ1) is 9.35. The molecule has 0 unspecified atom stereocenters. The third-order valence-electron chi connectivity index (χ3n) is 1.81. The van der Waals surface area contributed by atoms with Crippen molar-refractivity contribution in [3.63, 3.8) is 0 Å². The number of carbonyl (C=O) groups excluding carboxylic acids is 1. The Hall–Kier alpha value is -1.52. The molecule has 20 heavy (non-hydrogen) atoms. The summed E-state index contributed by atoms with van der Waals surface area (Å²) in [7, 11) is 0. The van der Waals surface area contributed by atoms with Crippen molar-refractivity contribution in [2.24, 2.45) is 0 Å². The fraction of sp³-hybridized carbons (Fsp3) is 0.615. The Kier molecular flexibility index (Phi) is 8.68. The van der Waals surface area contributed by atoms with E-state index in [2.05, 4.69) is 10.7 Å². The van der Waals surface area contributed by atoms with Crippen LogP contribution in [0.15, 0.2) is 11.6 Å². The zero-order chi connectivity index (χ0) is 15.6. The number of alkyl halides is 3. The van der Waals surface area contributed by atoms with Gasteiger partial charge in [-0.25, -0.2) is 4.79 Å². The average Bonchev–Trinajstić information content (AvgIpc) is 2.33. The lowest BCUT2D eigenvalue weighted by Crippen LogP contribution is -2.17. The van der Waals surface area contributed by atoms with E-state index < -0.39 is 24.0 Å². The van der Waals surface area contributed by atoms with Gasteiger partial charge in [-0.05, 0) is 26.7 Å². The van der Waals surface area contributed by atoms with Gasteiger partial charge in [0.1, 0.15) is 5.57 Å². The van der Waals surface area contributed by atoms with E-state index >= 15 is 0 Å². The summed E-state index contributed by atoms with van der Waals surface area (Å²) in [5.74, 6) is 2.94. The summed E-state index contributed by atoms with van der Waals surface area (Å²) < 4.78 is 52.5. The molecule has 114 valence electrons. The minimum absolute atomic E-state index is 0.0194. The van der Waals surface area contributed by atoms with E-state index in [1.807, 2.05) is 5.92 Å². The Bertz CT molecular complexity index is 385. The van der Waals surface area contributed by atoms with Crippen LogP contribution in [-0.4, -0.2) is 38.3 Å². The molecule has 0 spiro atoms. The average molecular weight is 294 g/mol. The van der Waals surface area contributed by atoms with E-state index in [0.29, 0.717) is 6.08 Å². The molecule has 0 atom stereocenters. The van der Waals surface area contributed by atoms with Crippen molar-refractivity contribution < 1.29 is 32.2 Å². The molecule has 0 fully saturated rings. The predicted molar refractivity (Wildman–Crippen MR) is 65.6 cm³/mol. The summed E-state index contributed by atoms with van der Waals surface area (Å²) in [4.78, 5) is 11.1. The van der Waals surface area contributed by atoms with Crippen LogP contribution in [0, 0.1) is 11.8 Å². The number of hydrogen-bond acceptors (Lipinski definition) is 4. The summed E-state index contributed by atoms with van der Waals surface area (Å²) in [5, 5.41) is 0. The van der Waals surface area contributed by atoms with Gasteiger partial charge in [0.25, 0.3) is 0 Å². The Morgan fingerprint density at radius 1 is 1.15 bits per heavy atom. The van der Waals surface area contributed by atoms with Gasteiger partial charge >= 0.3 is 12.1 Å². The monoisotopic (exact) mass is 294 g/mol. The van der Waals surface area contributed by atoms with Crippen LogP contribution < -0.4 is 0 Å². The molecule has 0 aromatic carbocycles. The molecular weight excluding hydrogens is 277 g/mol. The minimum Gasteiger partial charge on any atom is -0.463 e. The number of esters is 1. The first-order valence-corrected chi connectivity index (χ1v) is 6.05. The maximum absolute atomic E-state index is 12.7. The maximum atomic E-state index is 12.7. The number of rotatable bonds is 6. The van der Waals surface area contributed by atoms with Gasteiger partial charge in [0.2, 0.25) is 6.29 Å². The van der Waals surface area contributed by atoms with Gasteiger partial charge in [-0.15, -0.1) is 0 Å². The molecule has 0 N–H and O–H groups in total. The molecule has 0 heterocycles. The molecular formula is C13H17F3O4. The van der Waals surface area contributed by atoms with Crippen molar-refractivity contribution in [2.45, 2.75) is 33.2 Å². The second-order valence-corrected chi connectivity index (χ2v) is 3.32. The number of ether oxygens (including phenoxy) is 3. The first kappa shape index (κ1) is 18.5. The van der Waals surface area contributed by atoms with Crippen LogP contribution in [0.3, 0.4) is 0 Å². The molecule has 0 amide bonds. The molecule has 0 aliphatic carbocycles. The van der Waals surface area contributed by atoms with Crippen LogP contribution >= 0.6 is 0 Å². The largest absolute Gasteiger partial charge is 0.463 e. The van der Waals surface area contributed by atoms with E-state index in [4.69, 9.17) is 9.47 Å². The molecule has 0 aliphatic rings. The van der Waals surface area contributed by atoms with Gasteiger partial charge < -0.3 is 14.2 Å². The summed E-state index contributed by atoms with van der Waals surface area (Å²) in [6.45, 7) is 5.27. The zero-order valence-corrected chi connectivity index (χ0v) is 11.5. The van der Waals surface area contributed by atoms with Crippen LogP contribution in [0.1, 0.15) is 20.8 Å². The van der Waals surface area contributed by atoms with E-state index in [-0.39, 0.29) is 19.8 Å². The number of halogens is 3. The van der Waals surface area contributed by atoms with Gasteiger partial charge in [-0.2, -0.15) is 13.2 Å². The van der Waals surface area contributed by atoms with Crippen molar-refractivity contribution >= 4 is 5.97 Å². The van der Waals surface area contributed by atoms with Crippen molar-refractivity contribution in [3.8, 4) is 11.8 Å². The lowest BCUT2D eigenvalue weighted by molar-refractivity contribution is -0.138. The van der Waals surface area contributed by atoms with Crippen molar-refractivity contribution in [1.82, 2.24) is 0 Å². The normalized spacial score (nSPS) is 12.1. The fourth-order valence-corrected chi connectivity index (χ4v) is 1.06. The Balaban J connectivity index is 5.13. The summed E-state index contributed by atoms with van der Waals surface area (Å²) in [5.41, 5.74) is -1.31. The molecule has 4 nitrogen and oxygen atoms in total. The van der Waals surface area contributed by atoms with E-state index in [1.54, 1.807) is 13.8 Å². The van der Waals surface area contributed by atoms with E-state index in [0.717, 1.165) is 0 Å². The molecule has 7 heteroatoms.